The second-order valence-electron chi connectivity index (χ2n) is 4.89. The Morgan fingerprint density at radius 2 is 2.11 bits per heavy atom. The van der Waals surface area contributed by atoms with Crippen LogP contribution in [-0.2, 0) is 16.4 Å². The normalized spacial score (nSPS) is 13.4. The van der Waals surface area contributed by atoms with Crippen molar-refractivity contribution >= 4 is 27.1 Å². The van der Waals surface area contributed by atoms with Crippen LogP contribution in [0, 0.1) is 0 Å². The maximum atomic E-state index is 11.6. The average molecular weight is 303 g/mol. The van der Waals surface area contributed by atoms with Crippen molar-refractivity contribution in [1.29, 1.82) is 0 Å². The molecule has 0 spiro atoms. The van der Waals surface area contributed by atoms with Gasteiger partial charge in [0.1, 0.15) is 0 Å². The molecule has 0 fully saturated rings. The third kappa shape index (κ3) is 4.83. The number of thiophene rings is 1. The minimum atomic E-state index is -3.11. The molecule has 0 bridgehead atoms. The summed E-state index contributed by atoms with van der Waals surface area (Å²) in [6, 6.07) is 4.02. The van der Waals surface area contributed by atoms with E-state index >= 15 is 0 Å². The fourth-order valence-corrected chi connectivity index (χ4v) is 2.21. The van der Waals surface area contributed by atoms with Crippen LogP contribution in [0.5, 0.6) is 0 Å². The van der Waals surface area contributed by atoms with Crippen LogP contribution in [0.4, 0.5) is 0 Å². The van der Waals surface area contributed by atoms with Crippen LogP contribution in [0.25, 0.3) is 0 Å². The first-order valence-electron chi connectivity index (χ1n) is 5.93. The van der Waals surface area contributed by atoms with Gasteiger partial charge < -0.3 is 10.6 Å². The summed E-state index contributed by atoms with van der Waals surface area (Å²) in [5, 5.41) is 8.21. The number of aliphatic imine (C=N–C) groups is 1. The fourth-order valence-electron chi connectivity index (χ4n) is 1.23. The summed E-state index contributed by atoms with van der Waals surface area (Å²) < 4.78 is 22.4. The van der Waals surface area contributed by atoms with Crippen molar-refractivity contribution in [2.45, 2.75) is 25.1 Å². The van der Waals surface area contributed by atoms with Crippen molar-refractivity contribution in [3.8, 4) is 0 Å². The van der Waals surface area contributed by atoms with Crippen LogP contribution in [0.15, 0.2) is 22.5 Å². The second-order valence-corrected chi connectivity index (χ2v) is 8.57. The van der Waals surface area contributed by atoms with Crippen LogP contribution in [0.2, 0.25) is 0 Å². The Morgan fingerprint density at radius 1 is 1.42 bits per heavy atom. The largest absolute Gasteiger partial charge is 0.355 e. The van der Waals surface area contributed by atoms with E-state index in [0.717, 1.165) is 0 Å². The van der Waals surface area contributed by atoms with E-state index in [1.807, 2.05) is 17.5 Å². The molecular weight excluding hydrogens is 282 g/mol. The average Bonchev–Trinajstić information content (AvgIpc) is 2.80. The summed E-state index contributed by atoms with van der Waals surface area (Å²) in [6.45, 7) is 4.39. The van der Waals surface area contributed by atoms with Crippen molar-refractivity contribution < 1.29 is 8.42 Å². The zero-order chi connectivity index (χ0) is 14.5. The van der Waals surface area contributed by atoms with Crippen molar-refractivity contribution in [2.75, 3.05) is 19.8 Å². The van der Waals surface area contributed by atoms with Gasteiger partial charge in [0.2, 0.25) is 0 Å². The number of sulfone groups is 1. The first kappa shape index (κ1) is 16.0. The Bertz CT molecular complexity index is 519. The van der Waals surface area contributed by atoms with Crippen molar-refractivity contribution in [1.82, 2.24) is 10.6 Å². The first-order chi connectivity index (χ1) is 8.76. The van der Waals surface area contributed by atoms with Gasteiger partial charge in [-0.25, -0.2) is 8.42 Å². The van der Waals surface area contributed by atoms with Crippen molar-refractivity contribution in [3.05, 3.63) is 22.4 Å². The van der Waals surface area contributed by atoms with Gasteiger partial charge in [0, 0.05) is 24.7 Å². The smallest absolute Gasteiger partial charge is 0.191 e. The predicted molar refractivity (Wildman–Crippen MR) is 81.4 cm³/mol. The summed E-state index contributed by atoms with van der Waals surface area (Å²) in [5.74, 6) is 0.602. The number of nitrogens with one attached hydrogen (secondary N) is 2. The molecule has 1 aromatic rings. The highest BCUT2D eigenvalue weighted by Gasteiger charge is 2.30. The zero-order valence-electron chi connectivity index (χ0n) is 11.7. The summed E-state index contributed by atoms with van der Waals surface area (Å²) >= 11 is 1.66. The summed E-state index contributed by atoms with van der Waals surface area (Å²) in [6.07, 6.45) is 1.25. The van der Waals surface area contributed by atoms with E-state index in [2.05, 4.69) is 15.6 Å². The van der Waals surface area contributed by atoms with E-state index < -0.39 is 14.6 Å². The second kappa shape index (κ2) is 6.38. The molecule has 19 heavy (non-hydrogen) atoms. The van der Waals surface area contributed by atoms with Gasteiger partial charge in [-0.05, 0) is 25.3 Å². The molecule has 0 aliphatic carbocycles. The van der Waals surface area contributed by atoms with Gasteiger partial charge in [-0.3, -0.25) is 4.99 Å². The van der Waals surface area contributed by atoms with Crippen LogP contribution in [0.3, 0.4) is 0 Å². The van der Waals surface area contributed by atoms with Crippen molar-refractivity contribution in [2.24, 2.45) is 4.99 Å². The first-order valence-corrected chi connectivity index (χ1v) is 8.70. The fraction of sp³-hybridized carbons (Fsp3) is 0.583. The molecular formula is C12H21N3O2S2. The van der Waals surface area contributed by atoms with Gasteiger partial charge in [0.25, 0.3) is 0 Å². The quantitative estimate of drug-likeness (QED) is 0.634. The molecule has 0 aliphatic heterocycles. The van der Waals surface area contributed by atoms with Gasteiger partial charge >= 0.3 is 0 Å². The molecule has 0 unspecified atom stereocenters. The van der Waals surface area contributed by atoms with Crippen LogP contribution in [0.1, 0.15) is 18.7 Å². The maximum absolute atomic E-state index is 11.6. The Balaban J connectivity index is 2.50. The molecule has 7 heteroatoms. The lowest BCUT2D eigenvalue weighted by molar-refractivity contribution is 0.544. The highest BCUT2D eigenvalue weighted by atomic mass is 32.2. The highest BCUT2D eigenvalue weighted by Crippen LogP contribution is 2.13. The minimum Gasteiger partial charge on any atom is -0.355 e. The van der Waals surface area contributed by atoms with Crippen LogP contribution < -0.4 is 10.6 Å². The molecule has 0 saturated heterocycles. The van der Waals surface area contributed by atoms with Crippen molar-refractivity contribution in [3.63, 3.8) is 0 Å². The lowest BCUT2D eigenvalue weighted by Gasteiger charge is -2.24. The number of nitrogens with zero attached hydrogens (tertiary/aromatic N) is 1. The third-order valence-corrected chi connectivity index (χ3v) is 5.95. The van der Waals surface area contributed by atoms with Gasteiger partial charge in [-0.15, -0.1) is 11.3 Å². The summed E-state index contributed by atoms with van der Waals surface area (Å²) in [7, 11) is -1.44. The lowest BCUT2D eigenvalue weighted by atomic mass is 10.2. The summed E-state index contributed by atoms with van der Waals surface area (Å²) in [4.78, 5) is 5.28. The predicted octanol–water partition coefficient (Wildman–Crippen LogP) is 1.24. The number of hydrogen-bond donors (Lipinski definition) is 2. The minimum absolute atomic E-state index is 0.315. The topological polar surface area (TPSA) is 70.6 Å². The Morgan fingerprint density at radius 3 is 2.58 bits per heavy atom. The maximum Gasteiger partial charge on any atom is 0.191 e. The molecule has 0 aliphatic rings. The van der Waals surface area contributed by atoms with Crippen LogP contribution in [-0.4, -0.2) is 39.0 Å². The molecule has 1 aromatic heterocycles. The highest BCUT2D eigenvalue weighted by molar-refractivity contribution is 7.92. The monoisotopic (exact) mass is 303 g/mol. The number of hydrogen-bond acceptors (Lipinski definition) is 4. The molecule has 108 valence electrons. The standard InChI is InChI=1S/C12H21N3O2S2/c1-12(2,19(4,16)17)9-15-11(13-3)14-8-10-6-5-7-18-10/h5-7H,8-9H2,1-4H3,(H2,13,14,15). The molecule has 0 amide bonds. The lowest BCUT2D eigenvalue weighted by Crippen LogP contribution is -2.47. The third-order valence-electron chi connectivity index (χ3n) is 2.92. The van der Waals surface area contributed by atoms with E-state index in [1.54, 1.807) is 32.2 Å². The van der Waals surface area contributed by atoms with E-state index in [-0.39, 0.29) is 0 Å². The Labute approximate surface area is 119 Å². The zero-order valence-corrected chi connectivity index (χ0v) is 13.4. The SMILES string of the molecule is CN=C(NCc1cccs1)NCC(C)(C)S(C)(=O)=O. The van der Waals surface area contributed by atoms with Gasteiger partial charge in [0.15, 0.2) is 15.8 Å². The number of guanidine groups is 1. The van der Waals surface area contributed by atoms with E-state index in [1.165, 1.54) is 11.1 Å². The summed E-state index contributed by atoms with van der Waals surface area (Å²) in [5.41, 5.74) is 0. The molecule has 0 radical (unpaired) electrons. The molecule has 0 atom stereocenters. The Hall–Kier alpha value is -1.08. The van der Waals surface area contributed by atoms with Gasteiger partial charge in [0.05, 0.1) is 11.3 Å². The molecule has 0 saturated carbocycles. The van der Waals surface area contributed by atoms with Crippen LogP contribution >= 0.6 is 11.3 Å². The molecule has 1 heterocycles. The van der Waals surface area contributed by atoms with E-state index in [0.29, 0.717) is 19.0 Å². The molecule has 2 N–H and O–H groups in total. The molecule has 1 rings (SSSR count). The molecule has 5 nitrogen and oxygen atoms in total. The molecule has 0 aromatic carbocycles. The van der Waals surface area contributed by atoms with Gasteiger partial charge in [-0.2, -0.15) is 0 Å². The number of rotatable bonds is 5. The van der Waals surface area contributed by atoms with E-state index in [4.69, 9.17) is 0 Å². The Kier molecular flexibility index (Phi) is 5.37. The van der Waals surface area contributed by atoms with Gasteiger partial charge in [-0.1, -0.05) is 6.07 Å². The van der Waals surface area contributed by atoms with E-state index in [9.17, 15) is 8.42 Å².